The van der Waals surface area contributed by atoms with Crippen molar-refractivity contribution in [3.05, 3.63) is 199 Å². The van der Waals surface area contributed by atoms with E-state index in [1.54, 1.807) is 0 Å². The van der Waals surface area contributed by atoms with Crippen LogP contribution in [0.1, 0.15) is 25.0 Å². The Morgan fingerprint density at radius 3 is 1.90 bits per heavy atom. The van der Waals surface area contributed by atoms with Crippen molar-refractivity contribution < 1.29 is 8.83 Å². The van der Waals surface area contributed by atoms with E-state index in [1.165, 1.54) is 33.4 Å². The summed E-state index contributed by atoms with van der Waals surface area (Å²) >= 11 is 0. The lowest BCUT2D eigenvalue weighted by Crippen LogP contribution is -2.16. The summed E-state index contributed by atoms with van der Waals surface area (Å²) in [7, 11) is 0. The molecule has 2 aromatic heterocycles. The van der Waals surface area contributed by atoms with Crippen LogP contribution in [0.25, 0.3) is 88.0 Å². The Balaban J connectivity index is 1.13. The van der Waals surface area contributed by atoms with Crippen molar-refractivity contribution in [1.82, 2.24) is 0 Å². The normalized spacial score (nSPS) is 13.1. The molecule has 0 N–H and O–H groups in total. The smallest absolute Gasteiger partial charge is 0.143 e. The van der Waals surface area contributed by atoms with E-state index in [0.29, 0.717) is 0 Å². The van der Waals surface area contributed by atoms with E-state index < -0.39 is 0 Å². The standard InChI is InChI=1S/C55H37NO2/c1-55(2)48-18-10-8-16-42(48)43-28-25-38(31-49(43)55)56(39-26-29-45-44-17-9-11-19-50(44)57-51(45)32-39)40-30-47(37-22-20-35(21-23-37)34-12-4-3-5-13-34)53-46-27-24-36-14-6-7-15-41(36)54(46)58-52(53)33-40/h3-33H,1-2H3. The number of hydrogen-bond acceptors (Lipinski definition) is 3. The lowest BCUT2D eigenvalue weighted by Gasteiger charge is -2.28. The largest absolute Gasteiger partial charge is 0.456 e. The molecule has 11 aromatic rings. The molecule has 0 unspecified atom stereocenters. The molecular formula is C55H37NO2. The third-order valence-corrected chi connectivity index (χ3v) is 12.5. The van der Waals surface area contributed by atoms with Gasteiger partial charge in [-0.05, 0) is 92.4 Å². The van der Waals surface area contributed by atoms with Crippen LogP contribution < -0.4 is 4.90 Å². The first-order chi connectivity index (χ1) is 28.5. The summed E-state index contributed by atoms with van der Waals surface area (Å²) in [6.07, 6.45) is 0. The van der Waals surface area contributed by atoms with Gasteiger partial charge < -0.3 is 13.7 Å². The Bertz CT molecular complexity index is 3420. The van der Waals surface area contributed by atoms with E-state index in [0.717, 1.165) is 82.8 Å². The van der Waals surface area contributed by atoms with E-state index in [4.69, 9.17) is 8.83 Å². The minimum atomic E-state index is -0.161. The Kier molecular flexibility index (Phi) is 6.98. The third-order valence-electron chi connectivity index (χ3n) is 12.5. The van der Waals surface area contributed by atoms with Gasteiger partial charge in [-0.25, -0.2) is 0 Å². The van der Waals surface area contributed by atoms with Gasteiger partial charge in [0.05, 0.1) is 5.69 Å². The number of hydrogen-bond donors (Lipinski definition) is 0. The number of anilines is 3. The number of rotatable bonds is 5. The minimum Gasteiger partial charge on any atom is -0.456 e. The highest BCUT2D eigenvalue weighted by Crippen LogP contribution is 2.52. The van der Waals surface area contributed by atoms with Crippen LogP contribution in [0.5, 0.6) is 0 Å². The maximum absolute atomic E-state index is 7.00. The number of fused-ring (bicyclic) bond motifs is 11. The van der Waals surface area contributed by atoms with Gasteiger partial charge in [-0.2, -0.15) is 0 Å². The molecule has 9 aromatic carbocycles. The number of para-hydroxylation sites is 1. The maximum atomic E-state index is 7.00. The third kappa shape index (κ3) is 4.86. The second kappa shape index (κ2) is 12.3. The number of furan rings is 2. The van der Waals surface area contributed by atoms with Crippen LogP contribution in [0, 0.1) is 0 Å². The van der Waals surface area contributed by atoms with Crippen molar-refractivity contribution in [2.45, 2.75) is 19.3 Å². The van der Waals surface area contributed by atoms with Crippen LogP contribution in [0.2, 0.25) is 0 Å². The fraction of sp³-hybridized carbons (Fsp3) is 0.0545. The first kappa shape index (κ1) is 32.8. The summed E-state index contributed by atoms with van der Waals surface area (Å²) in [5.74, 6) is 0. The lowest BCUT2D eigenvalue weighted by molar-refractivity contribution is 0.660. The van der Waals surface area contributed by atoms with Gasteiger partial charge in [-0.1, -0.05) is 147 Å². The summed E-state index contributed by atoms with van der Waals surface area (Å²) in [6, 6.07) is 67.7. The molecule has 1 aliphatic carbocycles. The van der Waals surface area contributed by atoms with Gasteiger partial charge in [0.25, 0.3) is 0 Å². The van der Waals surface area contributed by atoms with E-state index in [2.05, 4.69) is 195 Å². The molecule has 0 fully saturated rings. The van der Waals surface area contributed by atoms with Crippen LogP contribution in [-0.4, -0.2) is 0 Å². The molecule has 0 amide bonds. The summed E-state index contributed by atoms with van der Waals surface area (Å²) in [6.45, 7) is 4.68. The molecule has 0 radical (unpaired) electrons. The van der Waals surface area contributed by atoms with Crippen molar-refractivity contribution in [3.63, 3.8) is 0 Å². The summed E-state index contributed by atoms with van der Waals surface area (Å²) < 4.78 is 13.5. The predicted molar refractivity (Wildman–Crippen MR) is 242 cm³/mol. The van der Waals surface area contributed by atoms with Gasteiger partial charge >= 0.3 is 0 Å². The van der Waals surface area contributed by atoms with E-state index in [9.17, 15) is 0 Å². The van der Waals surface area contributed by atoms with Crippen molar-refractivity contribution in [1.29, 1.82) is 0 Å². The van der Waals surface area contributed by atoms with Gasteiger partial charge in [0.1, 0.15) is 22.3 Å². The Morgan fingerprint density at radius 2 is 1.02 bits per heavy atom. The molecule has 3 nitrogen and oxygen atoms in total. The molecule has 274 valence electrons. The van der Waals surface area contributed by atoms with E-state index >= 15 is 0 Å². The molecule has 0 atom stereocenters. The summed E-state index contributed by atoms with van der Waals surface area (Å²) in [5.41, 5.74) is 16.3. The van der Waals surface area contributed by atoms with Crippen LogP contribution >= 0.6 is 0 Å². The quantitative estimate of drug-likeness (QED) is 0.176. The summed E-state index contributed by atoms with van der Waals surface area (Å²) in [4.78, 5) is 2.37. The molecule has 3 heteroatoms. The van der Waals surface area contributed by atoms with Crippen LogP contribution in [0.4, 0.5) is 17.1 Å². The fourth-order valence-electron chi connectivity index (χ4n) is 9.58. The van der Waals surface area contributed by atoms with Gasteiger partial charge in [0.15, 0.2) is 0 Å². The molecule has 0 saturated carbocycles. The highest BCUT2D eigenvalue weighted by atomic mass is 16.3. The Labute approximate surface area is 336 Å². The minimum absolute atomic E-state index is 0.161. The van der Waals surface area contributed by atoms with Crippen LogP contribution in [0.3, 0.4) is 0 Å². The monoisotopic (exact) mass is 743 g/mol. The van der Waals surface area contributed by atoms with Crippen molar-refractivity contribution >= 4 is 71.7 Å². The average Bonchev–Trinajstić information content (AvgIpc) is 3.91. The molecule has 0 aliphatic heterocycles. The van der Waals surface area contributed by atoms with Gasteiger partial charge in [-0.15, -0.1) is 0 Å². The zero-order valence-electron chi connectivity index (χ0n) is 32.2. The van der Waals surface area contributed by atoms with Gasteiger partial charge in [0.2, 0.25) is 0 Å². The molecule has 58 heavy (non-hydrogen) atoms. The second-order valence-corrected chi connectivity index (χ2v) is 16.1. The van der Waals surface area contributed by atoms with Crippen LogP contribution in [0.15, 0.2) is 197 Å². The van der Waals surface area contributed by atoms with Crippen molar-refractivity contribution in [2.75, 3.05) is 4.90 Å². The first-order valence-corrected chi connectivity index (χ1v) is 20.0. The molecule has 0 saturated heterocycles. The average molecular weight is 744 g/mol. The second-order valence-electron chi connectivity index (χ2n) is 16.1. The number of nitrogens with zero attached hydrogens (tertiary/aromatic N) is 1. The molecule has 12 rings (SSSR count). The molecule has 2 heterocycles. The van der Waals surface area contributed by atoms with Crippen molar-refractivity contribution in [2.24, 2.45) is 0 Å². The highest BCUT2D eigenvalue weighted by Gasteiger charge is 2.36. The molecule has 0 bridgehead atoms. The van der Waals surface area contributed by atoms with E-state index in [-0.39, 0.29) is 5.41 Å². The zero-order chi connectivity index (χ0) is 38.5. The van der Waals surface area contributed by atoms with Gasteiger partial charge in [0, 0.05) is 55.9 Å². The zero-order valence-corrected chi connectivity index (χ0v) is 32.2. The van der Waals surface area contributed by atoms with Gasteiger partial charge in [-0.3, -0.25) is 0 Å². The Hall–Kier alpha value is -7.36. The van der Waals surface area contributed by atoms with Crippen LogP contribution in [-0.2, 0) is 5.41 Å². The van der Waals surface area contributed by atoms with Crippen molar-refractivity contribution in [3.8, 4) is 33.4 Å². The predicted octanol–water partition coefficient (Wildman–Crippen LogP) is 15.7. The molecule has 1 aliphatic rings. The maximum Gasteiger partial charge on any atom is 0.143 e. The fourth-order valence-corrected chi connectivity index (χ4v) is 9.58. The topological polar surface area (TPSA) is 29.5 Å². The SMILES string of the molecule is CC1(C)c2ccccc2-c2ccc(N(c3ccc4c(c3)oc3ccccc34)c3cc(-c4ccc(-c5ccccc5)cc4)c4c(c3)oc3c5ccccc5ccc34)cc21. The highest BCUT2D eigenvalue weighted by molar-refractivity contribution is 6.20. The summed E-state index contributed by atoms with van der Waals surface area (Å²) in [5, 5.41) is 6.69. The van der Waals surface area contributed by atoms with E-state index in [1.807, 2.05) is 12.1 Å². The lowest BCUT2D eigenvalue weighted by atomic mass is 9.82. The first-order valence-electron chi connectivity index (χ1n) is 20.0. The Morgan fingerprint density at radius 1 is 0.379 bits per heavy atom. The molecule has 0 spiro atoms. The number of benzene rings is 9. The molecular weight excluding hydrogens is 707 g/mol.